The molecule has 3 heterocycles. The van der Waals surface area contributed by atoms with E-state index in [1.165, 1.54) is 5.56 Å². The molecular formula is C25H26F3N5OS. The number of aryl methyl sites for hydroxylation is 1. The third kappa shape index (κ3) is 4.99. The third-order valence-corrected chi connectivity index (χ3v) is 7.45. The Morgan fingerprint density at radius 1 is 1.14 bits per heavy atom. The van der Waals surface area contributed by atoms with Gasteiger partial charge in [0.25, 0.3) is 0 Å². The quantitative estimate of drug-likeness (QED) is 0.508. The van der Waals surface area contributed by atoms with Crippen molar-refractivity contribution in [3.63, 3.8) is 0 Å². The lowest BCUT2D eigenvalue weighted by atomic mass is 10.0. The number of anilines is 2. The number of piperazine rings is 1. The van der Waals surface area contributed by atoms with Gasteiger partial charge in [0.2, 0.25) is 5.01 Å². The first-order chi connectivity index (χ1) is 16.8. The van der Waals surface area contributed by atoms with Gasteiger partial charge in [-0.25, -0.2) is 9.98 Å². The average molecular weight is 502 g/mol. The fourth-order valence-corrected chi connectivity index (χ4v) is 5.32. The molecule has 0 amide bonds. The van der Waals surface area contributed by atoms with Crippen LogP contribution in [0.4, 0.5) is 29.5 Å². The molecule has 0 bridgehead atoms. The number of thiazole rings is 1. The Labute approximate surface area is 206 Å². The summed E-state index contributed by atoms with van der Waals surface area (Å²) in [6.45, 7) is 2.09. The molecule has 0 saturated carbocycles. The molecule has 0 spiro atoms. The summed E-state index contributed by atoms with van der Waals surface area (Å²) >= 11 is 0.622. The van der Waals surface area contributed by atoms with Crippen LogP contribution in [0.5, 0.6) is 5.75 Å². The van der Waals surface area contributed by atoms with E-state index >= 15 is 0 Å². The summed E-state index contributed by atoms with van der Waals surface area (Å²) in [5.41, 5.74) is 2.81. The molecule has 0 radical (unpaired) electrons. The molecular weight excluding hydrogens is 475 g/mol. The number of alkyl halides is 3. The first-order valence-corrected chi connectivity index (χ1v) is 12.2. The molecule has 1 N–H and O–H groups in total. The number of halogens is 3. The fraction of sp³-hybridized carbons (Fsp3) is 0.360. The second-order valence-electron chi connectivity index (χ2n) is 8.74. The Balaban J connectivity index is 1.43. The zero-order valence-corrected chi connectivity index (χ0v) is 20.3. The van der Waals surface area contributed by atoms with Crippen molar-refractivity contribution in [1.82, 2.24) is 14.8 Å². The van der Waals surface area contributed by atoms with Gasteiger partial charge in [0, 0.05) is 25.7 Å². The summed E-state index contributed by atoms with van der Waals surface area (Å²) in [6, 6.07) is 15.6. The zero-order chi connectivity index (χ0) is 24.6. The molecule has 1 aromatic heterocycles. The number of amidine groups is 1. The highest BCUT2D eigenvalue weighted by Crippen LogP contribution is 2.42. The van der Waals surface area contributed by atoms with Gasteiger partial charge in [-0.3, -0.25) is 4.90 Å². The molecule has 2 aromatic carbocycles. The summed E-state index contributed by atoms with van der Waals surface area (Å²) < 4.78 is 45.9. The first-order valence-electron chi connectivity index (χ1n) is 11.4. The van der Waals surface area contributed by atoms with Crippen LogP contribution in [0.25, 0.3) is 0 Å². The van der Waals surface area contributed by atoms with Gasteiger partial charge in [0.05, 0.1) is 18.5 Å². The Morgan fingerprint density at radius 3 is 2.77 bits per heavy atom. The van der Waals surface area contributed by atoms with E-state index in [1.807, 2.05) is 42.5 Å². The van der Waals surface area contributed by atoms with Crippen LogP contribution in [0.3, 0.4) is 0 Å². The number of nitrogens with one attached hydrogen (secondary N) is 1. The number of ether oxygens (including phenoxy) is 1. The van der Waals surface area contributed by atoms with E-state index in [-0.39, 0.29) is 11.7 Å². The van der Waals surface area contributed by atoms with Crippen molar-refractivity contribution in [3.05, 3.63) is 64.8 Å². The van der Waals surface area contributed by atoms with Crippen LogP contribution in [-0.4, -0.2) is 60.5 Å². The molecule has 1 fully saturated rings. The molecule has 1 atom stereocenters. The van der Waals surface area contributed by atoms with Crippen molar-refractivity contribution >= 4 is 33.5 Å². The van der Waals surface area contributed by atoms with Gasteiger partial charge in [0.15, 0.2) is 5.84 Å². The number of hydrogen-bond donors (Lipinski definition) is 1. The number of rotatable bonds is 4. The number of aliphatic imine (C=N–C) groups is 1. The maximum atomic E-state index is 13.5. The maximum absolute atomic E-state index is 13.5. The smallest absolute Gasteiger partial charge is 0.443 e. The predicted octanol–water partition coefficient (Wildman–Crippen LogP) is 5.55. The molecule has 2 aliphatic rings. The lowest BCUT2D eigenvalue weighted by molar-refractivity contribution is -0.137. The average Bonchev–Trinajstić information content (AvgIpc) is 3.21. The SMILES string of the molecule is COc1cccc(CCC2CN(C3=Nc4ccccc4Nc4sc(C(F)(F)F)nc43)CCN2C)c1. The number of nitrogens with zero attached hydrogens (tertiary/aromatic N) is 4. The molecule has 6 nitrogen and oxygen atoms in total. The number of likely N-dealkylation sites (N-methyl/N-ethyl adjacent to an activating group) is 1. The molecule has 5 rings (SSSR count). The van der Waals surface area contributed by atoms with Crippen LogP contribution < -0.4 is 10.1 Å². The first kappa shape index (κ1) is 23.6. The van der Waals surface area contributed by atoms with Crippen LogP contribution >= 0.6 is 11.3 Å². The van der Waals surface area contributed by atoms with Gasteiger partial charge in [-0.05, 0) is 49.7 Å². The van der Waals surface area contributed by atoms with Crippen LogP contribution in [0.15, 0.2) is 53.5 Å². The van der Waals surface area contributed by atoms with Crippen LogP contribution in [0.2, 0.25) is 0 Å². The normalized spacial score (nSPS) is 18.3. The fourth-order valence-electron chi connectivity index (χ4n) is 4.48. The number of hydrogen-bond acceptors (Lipinski definition) is 7. The van der Waals surface area contributed by atoms with Crippen LogP contribution in [0, 0.1) is 0 Å². The van der Waals surface area contributed by atoms with Gasteiger partial charge < -0.3 is 15.0 Å². The van der Waals surface area contributed by atoms with Crippen molar-refractivity contribution in [2.45, 2.75) is 25.1 Å². The van der Waals surface area contributed by atoms with Gasteiger partial charge >= 0.3 is 6.18 Å². The minimum Gasteiger partial charge on any atom is -0.497 e. The van der Waals surface area contributed by atoms with Crippen molar-refractivity contribution in [1.29, 1.82) is 0 Å². The summed E-state index contributed by atoms with van der Waals surface area (Å²) in [5.74, 6) is 1.32. The summed E-state index contributed by atoms with van der Waals surface area (Å²) in [4.78, 5) is 13.2. The predicted molar refractivity (Wildman–Crippen MR) is 132 cm³/mol. The molecule has 2 aliphatic heterocycles. The number of aromatic nitrogens is 1. The molecule has 184 valence electrons. The lowest BCUT2D eigenvalue weighted by Gasteiger charge is -2.40. The number of para-hydroxylation sites is 2. The summed E-state index contributed by atoms with van der Waals surface area (Å²) in [7, 11) is 3.75. The van der Waals surface area contributed by atoms with E-state index in [9.17, 15) is 13.2 Å². The number of fused-ring (bicyclic) bond motifs is 2. The monoisotopic (exact) mass is 501 g/mol. The molecule has 1 saturated heterocycles. The minimum absolute atomic E-state index is 0.216. The molecule has 1 unspecified atom stereocenters. The van der Waals surface area contributed by atoms with Crippen molar-refractivity contribution in [3.8, 4) is 5.75 Å². The largest absolute Gasteiger partial charge is 0.497 e. The highest BCUT2D eigenvalue weighted by atomic mass is 32.1. The Kier molecular flexibility index (Phi) is 6.41. The standard InChI is InChI=1S/C25H26F3N5OS/c1-32-12-13-33(15-17(32)11-10-16-6-5-7-18(14-16)34-2)22-21-23(35-24(31-21)25(26,27)28)30-20-9-4-3-8-19(20)29-22/h3-9,14,17,30H,10-13,15H2,1-2H3. The van der Waals surface area contributed by atoms with Crippen molar-refractivity contribution < 1.29 is 17.9 Å². The van der Waals surface area contributed by atoms with Gasteiger partial charge in [-0.15, -0.1) is 0 Å². The second kappa shape index (κ2) is 9.50. The molecule has 35 heavy (non-hydrogen) atoms. The van der Waals surface area contributed by atoms with E-state index in [0.29, 0.717) is 46.6 Å². The summed E-state index contributed by atoms with van der Waals surface area (Å²) in [5, 5.41) is 2.63. The Morgan fingerprint density at radius 2 is 1.97 bits per heavy atom. The van der Waals surface area contributed by atoms with E-state index < -0.39 is 11.2 Å². The van der Waals surface area contributed by atoms with Gasteiger partial charge in [-0.2, -0.15) is 13.2 Å². The van der Waals surface area contributed by atoms with Crippen LogP contribution in [-0.2, 0) is 12.6 Å². The topological polar surface area (TPSA) is 53.0 Å². The van der Waals surface area contributed by atoms with Crippen molar-refractivity contribution in [2.75, 3.05) is 39.1 Å². The van der Waals surface area contributed by atoms with Gasteiger partial charge in [0.1, 0.15) is 16.4 Å². The van der Waals surface area contributed by atoms with E-state index in [2.05, 4.69) is 33.2 Å². The highest BCUT2D eigenvalue weighted by Gasteiger charge is 2.39. The van der Waals surface area contributed by atoms with E-state index in [1.54, 1.807) is 7.11 Å². The Hall–Kier alpha value is -3.11. The van der Waals surface area contributed by atoms with Crippen LogP contribution in [0.1, 0.15) is 22.7 Å². The van der Waals surface area contributed by atoms with E-state index in [0.717, 1.165) is 25.1 Å². The number of benzene rings is 2. The maximum Gasteiger partial charge on any atom is 0.443 e. The molecule has 0 aliphatic carbocycles. The van der Waals surface area contributed by atoms with E-state index in [4.69, 9.17) is 9.73 Å². The minimum atomic E-state index is -4.51. The van der Waals surface area contributed by atoms with Gasteiger partial charge in [-0.1, -0.05) is 35.6 Å². The summed E-state index contributed by atoms with van der Waals surface area (Å²) in [6.07, 6.45) is -2.73. The zero-order valence-electron chi connectivity index (χ0n) is 19.5. The second-order valence-corrected chi connectivity index (χ2v) is 9.74. The van der Waals surface area contributed by atoms with Crippen molar-refractivity contribution in [2.24, 2.45) is 4.99 Å². The lowest BCUT2D eigenvalue weighted by Crippen LogP contribution is -2.53. The highest BCUT2D eigenvalue weighted by molar-refractivity contribution is 7.16. The molecule has 10 heteroatoms. The Bertz CT molecular complexity index is 1240. The third-order valence-electron chi connectivity index (χ3n) is 6.44. The molecule has 3 aromatic rings. The number of methoxy groups -OCH3 is 1.